The average molecular weight is 137 g/mol. The van der Waals surface area contributed by atoms with Crippen LogP contribution in [-0.2, 0) is 6.61 Å². The zero-order chi connectivity index (χ0) is 7.40. The summed E-state index contributed by atoms with van der Waals surface area (Å²) in [5.41, 5.74) is 1.15. The molecule has 0 bridgehead atoms. The fourth-order valence-corrected chi connectivity index (χ4v) is 0.659. The largest absolute Gasteiger partial charge is 0.392 e. The van der Waals surface area contributed by atoms with Crippen molar-refractivity contribution in [3.05, 3.63) is 29.6 Å². The van der Waals surface area contributed by atoms with Gasteiger partial charge >= 0.3 is 0 Å². The molecular weight excluding hydrogens is 130 g/mol. The zero-order valence-corrected chi connectivity index (χ0v) is 5.32. The smallest absolute Gasteiger partial charge is 0.151 e. The molecule has 3 heteroatoms. The molecule has 0 amide bonds. The lowest BCUT2D eigenvalue weighted by Crippen LogP contribution is -1.88. The summed E-state index contributed by atoms with van der Waals surface area (Å²) in [4.78, 5) is 13.9. The molecule has 0 spiro atoms. The number of aldehydes is 1. The molecule has 1 heterocycles. The predicted molar refractivity (Wildman–Crippen MR) is 35.5 cm³/mol. The molecule has 1 rings (SSSR count). The lowest BCUT2D eigenvalue weighted by atomic mass is 10.2. The van der Waals surface area contributed by atoms with Crippen LogP contribution in [0.2, 0.25) is 0 Å². The molecule has 0 saturated heterocycles. The van der Waals surface area contributed by atoms with E-state index in [9.17, 15) is 4.79 Å². The second-order valence-electron chi connectivity index (χ2n) is 1.90. The molecule has 0 aliphatic heterocycles. The van der Waals surface area contributed by atoms with Crippen LogP contribution in [0.5, 0.6) is 0 Å². The topological polar surface area (TPSA) is 50.2 Å². The van der Waals surface area contributed by atoms with E-state index in [2.05, 4.69) is 4.98 Å². The van der Waals surface area contributed by atoms with E-state index in [0.29, 0.717) is 17.4 Å². The third-order valence-corrected chi connectivity index (χ3v) is 1.13. The maximum absolute atomic E-state index is 10.2. The quantitative estimate of drug-likeness (QED) is 0.600. The Morgan fingerprint density at radius 2 is 2.40 bits per heavy atom. The van der Waals surface area contributed by atoms with Gasteiger partial charge in [0.05, 0.1) is 6.61 Å². The molecule has 3 nitrogen and oxygen atoms in total. The minimum Gasteiger partial charge on any atom is -0.392 e. The summed E-state index contributed by atoms with van der Waals surface area (Å²) in [6.07, 6.45) is 3.67. The highest BCUT2D eigenvalue weighted by Crippen LogP contribution is 1.98. The van der Waals surface area contributed by atoms with Gasteiger partial charge in [-0.25, -0.2) is 0 Å². The highest BCUT2D eigenvalue weighted by molar-refractivity contribution is 5.74. The number of carbonyl (C=O) groups is 1. The molecule has 52 valence electrons. The van der Waals surface area contributed by atoms with Crippen molar-refractivity contribution in [2.75, 3.05) is 0 Å². The van der Waals surface area contributed by atoms with Gasteiger partial charge < -0.3 is 5.11 Å². The van der Waals surface area contributed by atoms with Crippen molar-refractivity contribution in [1.29, 1.82) is 0 Å². The first-order chi connectivity index (χ1) is 4.86. The summed E-state index contributed by atoms with van der Waals surface area (Å²) < 4.78 is 0. The lowest BCUT2D eigenvalue weighted by molar-refractivity contribution is 0.112. The Hall–Kier alpha value is -1.22. The monoisotopic (exact) mass is 137 g/mol. The van der Waals surface area contributed by atoms with Crippen molar-refractivity contribution in [3.63, 3.8) is 0 Å². The van der Waals surface area contributed by atoms with Gasteiger partial charge in [0, 0.05) is 18.0 Å². The minimum atomic E-state index is -0.0747. The van der Waals surface area contributed by atoms with Gasteiger partial charge in [-0.3, -0.25) is 9.78 Å². The van der Waals surface area contributed by atoms with Crippen LogP contribution in [0.4, 0.5) is 0 Å². The number of hydrogen-bond donors (Lipinski definition) is 1. The van der Waals surface area contributed by atoms with Gasteiger partial charge in [0.25, 0.3) is 0 Å². The molecule has 1 N–H and O–H groups in total. The number of aliphatic hydroxyl groups is 1. The van der Waals surface area contributed by atoms with E-state index in [0.717, 1.165) is 0 Å². The summed E-state index contributed by atoms with van der Waals surface area (Å²) in [7, 11) is 0. The van der Waals surface area contributed by atoms with Crippen LogP contribution in [0.25, 0.3) is 0 Å². The van der Waals surface area contributed by atoms with Crippen molar-refractivity contribution < 1.29 is 9.90 Å². The van der Waals surface area contributed by atoms with Crippen LogP contribution in [0, 0.1) is 0 Å². The van der Waals surface area contributed by atoms with Crippen LogP contribution in [0.3, 0.4) is 0 Å². The molecule has 0 fully saturated rings. The molecular formula is C7H7NO2. The molecule has 0 unspecified atom stereocenters. The van der Waals surface area contributed by atoms with E-state index in [1.54, 1.807) is 6.07 Å². The third-order valence-electron chi connectivity index (χ3n) is 1.13. The van der Waals surface area contributed by atoms with E-state index < -0.39 is 0 Å². The van der Waals surface area contributed by atoms with Gasteiger partial charge in [0.1, 0.15) is 0 Å². The standard InChI is InChI=1S/C7H7NO2/c9-4-6-1-7(5-10)3-8-2-6/h1-4,10H,5H2. The molecule has 1 aromatic heterocycles. The summed E-state index contributed by atoms with van der Waals surface area (Å²) in [6.45, 7) is -0.0747. The van der Waals surface area contributed by atoms with Crippen LogP contribution in [0.15, 0.2) is 18.5 Å². The Bertz CT molecular complexity index is 235. The Labute approximate surface area is 58.3 Å². The van der Waals surface area contributed by atoms with Crippen LogP contribution < -0.4 is 0 Å². The van der Waals surface area contributed by atoms with Gasteiger partial charge in [0.15, 0.2) is 6.29 Å². The van der Waals surface area contributed by atoms with Crippen molar-refractivity contribution in [3.8, 4) is 0 Å². The van der Waals surface area contributed by atoms with Crippen molar-refractivity contribution in [1.82, 2.24) is 4.98 Å². The summed E-state index contributed by atoms with van der Waals surface area (Å²) in [5, 5.41) is 8.60. The number of pyridine rings is 1. The maximum Gasteiger partial charge on any atom is 0.151 e. The Balaban J connectivity index is 2.98. The van der Waals surface area contributed by atoms with Gasteiger partial charge in [0.2, 0.25) is 0 Å². The highest BCUT2D eigenvalue weighted by atomic mass is 16.3. The number of hydrogen-bond acceptors (Lipinski definition) is 3. The van der Waals surface area contributed by atoms with Gasteiger partial charge in [-0.2, -0.15) is 0 Å². The molecule has 0 aromatic carbocycles. The van der Waals surface area contributed by atoms with E-state index in [1.165, 1.54) is 12.4 Å². The molecule has 10 heavy (non-hydrogen) atoms. The van der Waals surface area contributed by atoms with Gasteiger partial charge in [-0.15, -0.1) is 0 Å². The van der Waals surface area contributed by atoms with E-state index >= 15 is 0 Å². The first-order valence-corrected chi connectivity index (χ1v) is 2.87. The molecule has 0 saturated carbocycles. The minimum absolute atomic E-state index is 0.0747. The fraction of sp³-hybridized carbons (Fsp3) is 0.143. The summed E-state index contributed by atoms with van der Waals surface area (Å²) >= 11 is 0. The lowest BCUT2D eigenvalue weighted by Gasteiger charge is -1.93. The van der Waals surface area contributed by atoms with Crippen molar-refractivity contribution in [2.24, 2.45) is 0 Å². The number of aliphatic hydroxyl groups excluding tert-OH is 1. The van der Waals surface area contributed by atoms with E-state index in [-0.39, 0.29) is 6.61 Å². The Morgan fingerprint density at radius 1 is 1.60 bits per heavy atom. The Morgan fingerprint density at radius 3 is 3.00 bits per heavy atom. The average Bonchev–Trinajstić information content (AvgIpc) is 2.05. The summed E-state index contributed by atoms with van der Waals surface area (Å²) in [6, 6.07) is 1.60. The van der Waals surface area contributed by atoms with Crippen LogP contribution in [-0.4, -0.2) is 16.4 Å². The number of carbonyl (C=O) groups excluding carboxylic acids is 1. The highest BCUT2D eigenvalue weighted by Gasteiger charge is 1.91. The molecule has 0 aliphatic rings. The van der Waals surface area contributed by atoms with Crippen molar-refractivity contribution in [2.45, 2.75) is 6.61 Å². The molecule has 0 radical (unpaired) electrons. The molecule has 0 aliphatic carbocycles. The molecule has 0 atom stereocenters. The van der Waals surface area contributed by atoms with Crippen LogP contribution in [0.1, 0.15) is 15.9 Å². The van der Waals surface area contributed by atoms with Gasteiger partial charge in [-0.05, 0) is 11.6 Å². The second-order valence-corrected chi connectivity index (χ2v) is 1.90. The summed E-state index contributed by atoms with van der Waals surface area (Å²) in [5.74, 6) is 0. The van der Waals surface area contributed by atoms with Gasteiger partial charge in [-0.1, -0.05) is 0 Å². The second kappa shape index (κ2) is 3.08. The normalized spacial score (nSPS) is 9.30. The van der Waals surface area contributed by atoms with Crippen LogP contribution >= 0.6 is 0 Å². The first kappa shape index (κ1) is 6.89. The molecule has 1 aromatic rings. The number of aromatic nitrogens is 1. The Kier molecular flexibility index (Phi) is 2.12. The SMILES string of the molecule is O=Cc1cncc(CO)c1. The van der Waals surface area contributed by atoms with Crippen molar-refractivity contribution >= 4 is 6.29 Å². The predicted octanol–water partition coefficient (Wildman–Crippen LogP) is 0.386. The van der Waals surface area contributed by atoms with E-state index in [1.807, 2.05) is 0 Å². The number of nitrogens with zero attached hydrogens (tertiary/aromatic N) is 1. The van der Waals surface area contributed by atoms with E-state index in [4.69, 9.17) is 5.11 Å². The first-order valence-electron chi connectivity index (χ1n) is 2.87. The zero-order valence-electron chi connectivity index (χ0n) is 5.32. The fourth-order valence-electron chi connectivity index (χ4n) is 0.659. The number of rotatable bonds is 2. The maximum atomic E-state index is 10.2. The third kappa shape index (κ3) is 1.39.